The Morgan fingerprint density at radius 1 is 1.28 bits per heavy atom. The molecule has 8 heteroatoms. The van der Waals surface area contributed by atoms with E-state index in [0.29, 0.717) is 16.7 Å². The van der Waals surface area contributed by atoms with E-state index in [9.17, 15) is 9.90 Å². The molecule has 5 rings (SSSR count). The predicted octanol–water partition coefficient (Wildman–Crippen LogP) is 3.98. The summed E-state index contributed by atoms with van der Waals surface area (Å²) < 4.78 is 8.24. The van der Waals surface area contributed by atoms with Gasteiger partial charge < -0.3 is 15.2 Å². The smallest absolute Gasteiger partial charge is 0.226 e. The van der Waals surface area contributed by atoms with Gasteiger partial charge in [-0.3, -0.25) is 4.79 Å². The maximum absolute atomic E-state index is 12.6. The second kappa shape index (κ2) is 6.59. The first kappa shape index (κ1) is 17.7. The lowest BCUT2D eigenvalue weighted by molar-refractivity contribution is -0.116. The fraction of sp³-hybridized carbons (Fsp3) is 0.190. The second-order valence-electron chi connectivity index (χ2n) is 6.95. The van der Waals surface area contributed by atoms with Crippen molar-refractivity contribution in [1.82, 2.24) is 14.8 Å². The molecule has 2 N–H and O–H groups in total. The Labute approximate surface area is 170 Å². The van der Waals surface area contributed by atoms with Gasteiger partial charge in [-0.25, -0.2) is 4.98 Å². The molecule has 1 amide bonds. The number of phenolic OH excluding ortho intramolecular Hbond substituents is 1. The van der Waals surface area contributed by atoms with Crippen molar-refractivity contribution in [3.05, 3.63) is 59.3 Å². The number of carbonyl (C=O) groups is 1. The first-order chi connectivity index (χ1) is 14.0. The topological polar surface area (TPSA) is 89.3 Å². The number of aromatic hydroxyl groups is 1. The van der Waals surface area contributed by atoms with Crippen LogP contribution in [0.1, 0.15) is 29.2 Å². The fourth-order valence-electron chi connectivity index (χ4n) is 3.89. The van der Waals surface area contributed by atoms with Gasteiger partial charge in [-0.2, -0.15) is 9.78 Å². The van der Waals surface area contributed by atoms with Crippen molar-refractivity contribution < 1.29 is 14.6 Å². The van der Waals surface area contributed by atoms with E-state index < -0.39 is 0 Å². The van der Waals surface area contributed by atoms with E-state index in [0.717, 1.165) is 27.0 Å². The van der Waals surface area contributed by atoms with Crippen molar-refractivity contribution in [2.24, 2.45) is 0 Å². The number of amides is 1. The largest absolute Gasteiger partial charge is 0.508 e. The SMILES string of the molecule is COc1cc(O)ccc1C1CC(=O)Nc2c1c(C)nn2-c1nc2ccccc2s1. The van der Waals surface area contributed by atoms with Crippen LogP contribution in [0.25, 0.3) is 15.3 Å². The van der Waals surface area contributed by atoms with Crippen LogP contribution < -0.4 is 10.1 Å². The van der Waals surface area contributed by atoms with Gasteiger partial charge in [0, 0.05) is 29.5 Å². The Kier molecular flexibility index (Phi) is 4.02. The maximum Gasteiger partial charge on any atom is 0.226 e. The average Bonchev–Trinajstić information content (AvgIpc) is 3.28. The van der Waals surface area contributed by atoms with Gasteiger partial charge in [0.25, 0.3) is 0 Å². The number of rotatable bonds is 3. The van der Waals surface area contributed by atoms with Crippen LogP contribution >= 0.6 is 11.3 Å². The quantitative estimate of drug-likeness (QED) is 0.537. The minimum atomic E-state index is -0.225. The Morgan fingerprint density at radius 2 is 2.10 bits per heavy atom. The second-order valence-corrected chi connectivity index (χ2v) is 7.96. The van der Waals surface area contributed by atoms with Gasteiger partial charge in [0.1, 0.15) is 17.3 Å². The molecule has 1 aliphatic rings. The molecule has 0 aliphatic carbocycles. The lowest BCUT2D eigenvalue weighted by atomic mass is 9.85. The van der Waals surface area contributed by atoms with E-state index in [1.54, 1.807) is 30.0 Å². The molecule has 1 unspecified atom stereocenters. The molecule has 0 radical (unpaired) electrons. The summed E-state index contributed by atoms with van der Waals surface area (Å²) in [5.74, 6) is 0.978. The van der Waals surface area contributed by atoms with Gasteiger partial charge in [0.15, 0.2) is 0 Å². The molecule has 4 aromatic rings. The number of hydrogen-bond acceptors (Lipinski definition) is 6. The zero-order valence-electron chi connectivity index (χ0n) is 15.8. The number of hydrogen-bond donors (Lipinski definition) is 2. The molecule has 29 heavy (non-hydrogen) atoms. The van der Waals surface area contributed by atoms with Gasteiger partial charge >= 0.3 is 0 Å². The molecule has 2 aromatic carbocycles. The van der Waals surface area contributed by atoms with Crippen LogP contribution in [0.15, 0.2) is 42.5 Å². The zero-order valence-corrected chi connectivity index (χ0v) is 16.7. The van der Waals surface area contributed by atoms with Gasteiger partial charge in [-0.05, 0) is 25.1 Å². The van der Waals surface area contributed by atoms with Crippen LogP contribution in [-0.4, -0.2) is 32.9 Å². The molecular formula is C21H18N4O3S. The highest BCUT2D eigenvalue weighted by atomic mass is 32.1. The third kappa shape index (κ3) is 2.84. The van der Waals surface area contributed by atoms with Gasteiger partial charge in [0.2, 0.25) is 11.0 Å². The van der Waals surface area contributed by atoms with E-state index in [1.807, 2.05) is 31.2 Å². The minimum Gasteiger partial charge on any atom is -0.508 e. The van der Waals surface area contributed by atoms with E-state index in [4.69, 9.17) is 9.84 Å². The van der Waals surface area contributed by atoms with Crippen molar-refractivity contribution in [2.45, 2.75) is 19.3 Å². The number of nitrogens with one attached hydrogen (secondary N) is 1. The van der Waals surface area contributed by atoms with Gasteiger partial charge in [0.05, 0.1) is 23.0 Å². The average molecular weight is 406 g/mol. The molecular weight excluding hydrogens is 388 g/mol. The van der Waals surface area contributed by atoms with Gasteiger partial charge in [-0.1, -0.05) is 29.5 Å². The highest BCUT2D eigenvalue weighted by molar-refractivity contribution is 7.20. The van der Waals surface area contributed by atoms with Gasteiger partial charge in [-0.15, -0.1) is 0 Å². The molecule has 1 atom stereocenters. The summed E-state index contributed by atoms with van der Waals surface area (Å²) in [4.78, 5) is 17.3. The number of nitrogens with zero attached hydrogens (tertiary/aromatic N) is 3. The van der Waals surface area contributed by atoms with Crippen LogP contribution in [0.3, 0.4) is 0 Å². The number of thiazole rings is 1. The summed E-state index contributed by atoms with van der Waals surface area (Å²) in [6.07, 6.45) is 0.278. The number of fused-ring (bicyclic) bond motifs is 2. The molecule has 146 valence electrons. The van der Waals surface area contributed by atoms with E-state index in [-0.39, 0.29) is 24.0 Å². The summed E-state index contributed by atoms with van der Waals surface area (Å²) in [7, 11) is 1.56. The Balaban J connectivity index is 1.69. The molecule has 7 nitrogen and oxygen atoms in total. The Morgan fingerprint density at radius 3 is 2.90 bits per heavy atom. The first-order valence-corrected chi connectivity index (χ1v) is 9.99. The molecule has 0 bridgehead atoms. The van der Waals surface area contributed by atoms with Crippen LogP contribution in [0.2, 0.25) is 0 Å². The van der Waals surface area contributed by atoms with E-state index >= 15 is 0 Å². The number of para-hydroxylation sites is 1. The first-order valence-electron chi connectivity index (χ1n) is 9.17. The summed E-state index contributed by atoms with van der Waals surface area (Å²) in [6, 6.07) is 12.9. The highest BCUT2D eigenvalue weighted by Gasteiger charge is 2.34. The lowest BCUT2D eigenvalue weighted by Gasteiger charge is -2.25. The number of methoxy groups -OCH3 is 1. The number of carbonyl (C=O) groups excluding carboxylic acids is 1. The monoisotopic (exact) mass is 406 g/mol. The molecule has 0 spiro atoms. The number of ether oxygens (including phenoxy) is 1. The van der Waals surface area contributed by atoms with Crippen molar-refractivity contribution in [2.75, 3.05) is 12.4 Å². The summed E-state index contributed by atoms with van der Waals surface area (Å²) in [5.41, 5.74) is 3.49. The number of phenols is 1. The molecule has 0 saturated carbocycles. The third-order valence-corrected chi connectivity index (χ3v) is 6.17. The van der Waals surface area contributed by atoms with Crippen molar-refractivity contribution in [3.63, 3.8) is 0 Å². The Hall–Kier alpha value is -3.39. The van der Waals surface area contributed by atoms with E-state index in [2.05, 4.69) is 10.3 Å². The highest BCUT2D eigenvalue weighted by Crippen LogP contribution is 2.44. The molecule has 3 heterocycles. The summed E-state index contributed by atoms with van der Waals surface area (Å²) in [5, 5.41) is 18.2. The van der Waals surface area contributed by atoms with Crippen LogP contribution in [0.5, 0.6) is 11.5 Å². The summed E-state index contributed by atoms with van der Waals surface area (Å²) >= 11 is 1.52. The van der Waals surface area contributed by atoms with Crippen LogP contribution in [-0.2, 0) is 4.79 Å². The standard InChI is InChI=1S/C21H18N4O3S/c1-11-19-14(13-8-7-12(26)9-16(13)28-2)10-18(27)23-20(19)25(24-11)21-22-15-5-3-4-6-17(15)29-21/h3-9,14,26H,10H2,1-2H3,(H,23,27). The van der Waals surface area contributed by atoms with Crippen LogP contribution in [0, 0.1) is 6.92 Å². The zero-order chi connectivity index (χ0) is 20.1. The third-order valence-electron chi connectivity index (χ3n) is 5.16. The van der Waals surface area contributed by atoms with Crippen molar-refractivity contribution >= 4 is 33.3 Å². The minimum absolute atomic E-state index is 0.0973. The Bertz CT molecular complexity index is 1230. The fourth-order valence-corrected chi connectivity index (χ4v) is 4.81. The summed E-state index contributed by atoms with van der Waals surface area (Å²) in [6.45, 7) is 1.93. The number of aromatic nitrogens is 3. The molecule has 0 fully saturated rings. The maximum atomic E-state index is 12.6. The van der Waals surface area contributed by atoms with Crippen molar-refractivity contribution in [3.8, 4) is 16.6 Å². The van der Waals surface area contributed by atoms with Crippen LogP contribution in [0.4, 0.5) is 5.82 Å². The molecule has 1 aliphatic heterocycles. The lowest BCUT2D eigenvalue weighted by Crippen LogP contribution is -2.25. The molecule has 2 aromatic heterocycles. The van der Waals surface area contributed by atoms with E-state index in [1.165, 1.54) is 11.3 Å². The normalized spacial score (nSPS) is 15.9. The number of aryl methyl sites for hydroxylation is 1. The molecule has 0 saturated heterocycles. The number of benzene rings is 2. The van der Waals surface area contributed by atoms with Crippen molar-refractivity contribution in [1.29, 1.82) is 0 Å². The number of anilines is 1. The predicted molar refractivity (Wildman–Crippen MR) is 111 cm³/mol.